The molecule has 0 spiro atoms. The first-order valence-corrected chi connectivity index (χ1v) is 8.47. The largest absolute Gasteiger partial charge is 0.497 e. The number of aromatic amines is 1. The second-order valence-electron chi connectivity index (χ2n) is 6.17. The molecule has 0 atom stereocenters. The van der Waals surface area contributed by atoms with Crippen LogP contribution in [0.5, 0.6) is 11.5 Å². The van der Waals surface area contributed by atoms with E-state index < -0.39 is 0 Å². The number of hydrogen-bond donors (Lipinski definition) is 1. The third kappa shape index (κ3) is 2.82. The average molecular weight is 331 g/mol. The zero-order valence-corrected chi connectivity index (χ0v) is 14.5. The number of allylic oxidation sites excluding steroid dienone is 2. The van der Waals surface area contributed by atoms with Crippen LogP contribution in [0.25, 0.3) is 22.5 Å². The summed E-state index contributed by atoms with van der Waals surface area (Å²) < 4.78 is 10.6. The van der Waals surface area contributed by atoms with Gasteiger partial charge >= 0.3 is 0 Å². The minimum atomic E-state index is 0.874. The van der Waals surface area contributed by atoms with Crippen molar-refractivity contribution in [3.8, 4) is 34.0 Å². The van der Waals surface area contributed by atoms with Gasteiger partial charge in [-0.3, -0.25) is 0 Å². The summed E-state index contributed by atoms with van der Waals surface area (Å²) in [6.07, 6.45) is 6.43. The van der Waals surface area contributed by atoms with Crippen LogP contribution < -0.4 is 9.47 Å². The molecule has 0 unspecified atom stereocenters. The molecule has 1 aromatic heterocycles. The quantitative estimate of drug-likeness (QED) is 0.681. The lowest BCUT2D eigenvalue weighted by molar-refractivity contribution is 0.415. The third-order valence-corrected chi connectivity index (χ3v) is 4.79. The lowest BCUT2D eigenvalue weighted by Crippen LogP contribution is -1.96. The summed E-state index contributed by atoms with van der Waals surface area (Å²) in [7, 11) is 3.39. The van der Waals surface area contributed by atoms with E-state index in [2.05, 4.69) is 41.4 Å². The van der Waals surface area contributed by atoms with E-state index in [4.69, 9.17) is 9.47 Å². The minimum absolute atomic E-state index is 0.874. The summed E-state index contributed by atoms with van der Waals surface area (Å²) in [5.74, 6) is 1.75. The van der Waals surface area contributed by atoms with Crippen molar-refractivity contribution in [1.29, 1.82) is 0 Å². The topological polar surface area (TPSA) is 34.2 Å². The normalized spacial score (nSPS) is 12.7. The predicted molar refractivity (Wildman–Crippen MR) is 101 cm³/mol. The molecule has 1 heterocycles. The first-order chi connectivity index (χ1) is 12.3. The van der Waals surface area contributed by atoms with Gasteiger partial charge in [-0.05, 0) is 83.6 Å². The molecular formula is C22H21NO2. The zero-order chi connectivity index (χ0) is 17.2. The number of methoxy groups -OCH3 is 2. The van der Waals surface area contributed by atoms with Crippen LogP contribution in [0.4, 0.5) is 0 Å². The Kier molecular flexibility index (Phi) is 4.06. The van der Waals surface area contributed by atoms with Crippen molar-refractivity contribution in [2.45, 2.75) is 12.8 Å². The van der Waals surface area contributed by atoms with Crippen LogP contribution in [0.2, 0.25) is 0 Å². The second kappa shape index (κ2) is 6.52. The number of ether oxygens (including phenoxy) is 2. The van der Waals surface area contributed by atoms with Gasteiger partial charge in [-0.25, -0.2) is 0 Å². The Morgan fingerprint density at radius 3 is 1.40 bits per heavy atom. The molecule has 1 aliphatic carbocycles. The van der Waals surface area contributed by atoms with Gasteiger partial charge in [0.2, 0.25) is 0 Å². The lowest BCUT2D eigenvalue weighted by Gasteiger charge is -2.10. The van der Waals surface area contributed by atoms with Crippen LogP contribution in [0, 0.1) is 0 Å². The summed E-state index contributed by atoms with van der Waals surface area (Å²) in [6, 6.07) is 16.5. The van der Waals surface area contributed by atoms with E-state index in [1.54, 1.807) is 14.2 Å². The lowest BCUT2D eigenvalue weighted by atomic mass is 9.93. The van der Waals surface area contributed by atoms with Crippen molar-refractivity contribution >= 4 is 0 Å². The van der Waals surface area contributed by atoms with Crippen molar-refractivity contribution in [1.82, 2.24) is 4.98 Å². The van der Waals surface area contributed by atoms with Gasteiger partial charge in [-0.1, -0.05) is 12.2 Å². The molecule has 0 saturated carbocycles. The summed E-state index contributed by atoms with van der Waals surface area (Å²) in [6.45, 7) is 0. The van der Waals surface area contributed by atoms with Crippen molar-refractivity contribution in [2.75, 3.05) is 14.2 Å². The molecular weight excluding hydrogens is 310 g/mol. The van der Waals surface area contributed by atoms with Crippen molar-refractivity contribution in [3.05, 3.63) is 71.8 Å². The predicted octanol–water partition coefficient (Wildman–Crippen LogP) is 5.02. The maximum Gasteiger partial charge on any atom is 0.118 e. The van der Waals surface area contributed by atoms with E-state index in [0.717, 1.165) is 24.3 Å². The summed E-state index contributed by atoms with van der Waals surface area (Å²) in [4.78, 5) is 3.68. The van der Waals surface area contributed by atoms with Crippen LogP contribution in [-0.2, 0) is 12.8 Å². The molecule has 0 fully saturated rings. The standard InChI is InChI=1S/C22H21NO2/c1-24-17-11-7-15(8-12-17)21-19-5-3-4-6-20(19)22(23-21)16-9-13-18(25-2)14-10-16/h3-4,7-14,23H,5-6H2,1-2H3. The fourth-order valence-corrected chi connectivity index (χ4v) is 3.44. The maximum absolute atomic E-state index is 5.28. The fraction of sp³-hybridized carbons (Fsp3) is 0.182. The molecule has 1 N–H and O–H groups in total. The fourth-order valence-electron chi connectivity index (χ4n) is 3.44. The summed E-state index contributed by atoms with van der Waals surface area (Å²) >= 11 is 0. The molecule has 0 amide bonds. The number of fused-ring (bicyclic) bond motifs is 1. The van der Waals surface area contributed by atoms with Gasteiger partial charge < -0.3 is 14.5 Å². The highest BCUT2D eigenvalue weighted by molar-refractivity contribution is 5.77. The van der Waals surface area contributed by atoms with Crippen LogP contribution >= 0.6 is 0 Å². The van der Waals surface area contributed by atoms with E-state index in [1.807, 2.05) is 24.3 Å². The van der Waals surface area contributed by atoms with Gasteiger partial charge in [0, 0.05) is 11.4 Å². The summed E-state index contributed by atoms with van der Waals surface area (Å²) in [5.41, 5.74) is 7.55. The first kappa shape index (κ1) is 15.6. The van der Waals surface area contributed by atoms with Gasteiger partial charge in [0.15, 0.2) is 0 Å². The Morgan fingerprint density at radius 1 is 0.640 bits per heavy atom. The number of aromatic nitrogens is 1. The molecule has 0 radical (unpaired) electrons. The number of nitrogens with one attached hydrogen (secondary N) is 1. The van der Waals surface area contributed by atoms with Gasteiger partial charge in [0.05, 0.1) is 14.2 Å². The molecule has 3 nitrogen and oxygen atoms in total. The van der Waals surface area contributed by atoms with Gasteiger partial charge in [0.25, 0.3) is 0 Å². The number of rotatable bonds is 4. The second-order valence-corrected chi connectivity index (χ2v) is 6.17. The molecule has 4 rings (SSSR count). The molecule has 3 heteroatoms. The van der Waals surface area contributed by atoms with Crippen molar-refractivity contribution in [3.63, 3.8) is 0 Å². The van der Waals surface area contributed by atoms with Gasteiger partial charge in [-0.2, -0.15) is 0 Å². The Bertz CT molecular complexity index is 828. The monoisotopic (exact) mass is 331 g/mol. The zero-order valence-electron chi connectivity index (χ0n) is 14.5. The van der Waals surface area contributed by atoms with E-state index >= 15 is 0 Å². The molecule has 1 aliphatic rings. The molecule has 2 aromatic carbocycles. The van der Waals surface area contributed by atoms with Gasteiger partial charge in [0.1, 0.15) is 11.5 Å². The van der Waals surface area contributed by atoms with E-state index in [9.17, 15) is 0 Å². The van der Waals surface area contributed by atoms with E-state index in [0.29, 0.717) is 0 Å². The molecule has 0 aliphatic heterocycles. The highest BCUT2D eigenvalue weighted by Gasteiger charge is 2.20. The molecule has 0 saturated heterocycles. The highest BCUT2D eigenvalue weighted by atomic mass is 16.5. The minimum Gasteiger partial charge on any atom is -0.497 e. The van der Waals surface area contributed by atoms with Gasteiger partial charge in [-0.15, -0.1) is 0 Å². The first-order valence-electron chi connectivity index (χ1n) is 8.47. The SMILES string of the molecule is COc1ccc(-c2[nH]c(-c3ccc(OC)cc3)c3c2CC=CC3)cc1. The molecule has 3 aromatic rings. The Morgan fingerprint density at radius 2 is 1.04 bits per heavy atom. The Balaban J connectivity index is 1.81. The highest BCUT2D eigenvalue weighted by Crippen LogP contribution is 2.37. The average Bonchev–Trinajstić information content (AvgIpc) is 3.08. The Hall–Kier alpha value is -2.94. The van der Waals surface area contributed by atoms with Crippen LogP contribution in [-0.4, -0.2) is 19.2 Å². The molecule has 25 heavy (non-hydrogen) atoms. The number of benzene rings is 2. The van der Waals surface area contributed by atoms with Crippen molar-refractivity contribution in [2.24, 2.45) is 0 Å². The van der Waals surface area contributed by atoms with Crippen LogP contribution in [0.3, 0.4) is 0 Å². The Labute approximate surface area is 147 Å². The molecule has 126 valence electrons. The maximum atomic E-state index is 5.28. The van der Waals surface area contributed by atoms with Crippen LogP contribution in [0.15, 0.2) is 60.7 Å². The molecule has 0 bridgehead atoms. The smallest absolute Gasteiger partial charge is 0.118 e. The van der Waals surface area contributed by atoms with E-state index in [-0.39, 0.29) is 0 Å². The third-order valence-electron chi connectivity index (χ3n) is 4.79. The number of H-pyrrole nitrogens is 1. The van der Waals surface area contributed by atoms with Crippen molar-refractivity contribution < 1.29 is 9.47 Å². The summed E-state index contributed by atoms with van der Waals surface area (Å²) in [5, 5.41) is 0. The number of hydrogen-bond acceptors (Lipinski definition) is 2. The van der Waals surface area contributed by atoms with E-state index in [1.165, 1.54) is 33.6 Å². The van der Waals surface area contributed by atoms with Crippen LogP contribution in [0.1, 0.15) is 11.1 Å².